The van der Waals surface area contributed by atoms with Gasteiger partial charge >= 0.3 is 12.1 Å². The molecular weight excluding hydrogens is 491 g/mol. The summed E-state index contributed by atoms with van der Waals surface area (Å²) in [4.78, 5) is 36.7. The second kappa shape index (κ2) is 10.1. The van der Waals surface area contributed by atoms with Crippen molar-refractivity contribution < 1.29 is 23.1 Å². The van der Waals surface area contributed by atoms with E-state index in [9.17, 15) is 27.9 Å². The fourth-order valence-electron chi connectivity index (χ4n) is 3.92. The van der Waals surface area contributed by atoms with E-state index in [1.165, 1.54) is 21.5 Å². The van der Waals surface area contributed by atoms with Crippen LogP contribution in [0.5, 0.6) is 0 Å². The Kier molecular flexibility index (Phi) is 7.05. The maximum atomic E-state index is 13.2. The summed E-state index contributed by atoms with van der Waals surface area (Å²) in [6.45, 7) is 5.80. The third-order valence-corrected chi connectivity index (χ3v) is 5.78. The van der Waals surface area contributed by atoms with E-state index in [0.29, 0.717) is 29.9 Å². The van der Waals surface area contributed by atoms with Gasteiger partial charge in [-0.2, -0.15) is 23.3 Å². The first-order valence-corrected chi connectivity index (χ1v) is 11.7. The minimum Gasteiger partial charge on any atom is -0.480 e. The molecule has 196 valence electrons. The average Bonchev–Trinajstić information content (AvgIpc) is 3.46. The summed E-state index contributed by atoms with van der Waals surface area (Å²) in [5.41, 5.74) is 0.0384. The molecule has 10 nitrogen and oxygen atoms in total. The van der Waals surface area contributed by atoms with Crippen molar-refractivity contribution in [3.8, 4) is 11.4 Å². The number of carbonyl (C=O) groups is 1. The minimum atomic E-state index is -4.44. The highest BCUT2D eigenvalue weighted by Gasteiger charge is 2.30. The number of imidazole rings is 1. The van der Waals surface area contributed by atoms with Gasteiger partial charge in [-0.3, -0.25) is 14.0 Å². The molecule has 4 rings (SSSR count). The topological polar surface area (TPSA) is 131 Å². The second-order valence-electron chi connectivity index (χ2n) is 9.01. The normalized spacial score (nSPS) is 12.8. The van der Waals surface area contributed by atoms with Crippen molar-refractivity contribution in [2.75, 3.05) is 5.32 Å². The number of rotatable bonds is 9. The molecule has 0 saturated heterocycles. The van der Waals surface area contributed by atoms with Crippen molar-refractivity contribution in [1.29, 1.82) is 0 Å². The lowest BCUT2D eigenvalue weighted by atomic mass is 10.1. The number of carboxylic acids is 1. The van der Waals surface area contributed by atoms with Crippen LogP contribution in [0.4, 0.5) is 19.1 Å². The first-order valence-electron chi connectivity index (χ1n) is 11.7. The lowest BCUT2D eigenvalue weighted by Gasteiger charge is -2.20. The third-order valence-electron chi connectivity index (χ3n) is 5.78. The first kappa shape index (κ1) is 25.9. The Morgan fingerprint density at radius 1 is 1.24 bits per heavy atom. The van der Waals surface area contributed by atoms with Gasteiger partial charge in [-0.05, 0) is 30.0 Å². The van der Waals surface area contributed by atoms with Crippen LogP contribution < -0.4 is 10.9 Å². The molecule has 0 fully saturated rings. The summed E-state index contributed by atoms with van der Waals surface area (Å²) in [5, 5.41) is 16.6. The summed E-state index contributed by atoms with van der Waals surface area (Å²) in [6, 6.07) is 4.04. The number of hydrogen-bond donors (Lipinski definition) is 3. The van der Waals surface area contributed by atoms with Crippen molar-refractivity contribution in [2.45, 2.75) is 52.5 Å². The molecule has 0 saturated carbocycles. The van der Waals surface area contributed by atoms with Gasteiger partial charge in [0.2, 0.25) is 5.95 Å². The smallest absolute Gasteiger partial charge is 0.416 e. The number of halogens is 3. The number of H-pyrrole nitrogens is 1. The maximum absolute atomic E-state index is 13.2. The maximum Gasteiger partial charge on any atom is 0.416 e. The molecule has 0 radical (unpaired) electrons. The van der Waals surface area contributed by atoms with Crippen LogP contribution in [0, 0.1) is 5.92 Å². The Hall–Kier alpha value is -4.16. The van der Waals surface area contributed by atoms with Crippen LogP contribution in [-0.4, -0.2) is 46.4 Å². The standard InChI is InChI=1S/C24H26F3N7O3/c1-4-8-34-21(35)18-20(32-23(34)30-17(13(2)3)22(36)37)31-19(29-18)15-10-28-33(12-15)11-14-6-5-7-16(9-14)24(25,26)27/h5-7,9-10,12-13,17H,4,8,11H2,1-3H3,(H,29,31)(H,30,32)(H,36,37)/t17-/m0/s1. The lowest BCUT2D eigenvalue weighted by Crippen LogP contribution is -2.37. The number of anilines is 1. The van der Waals surface area contributed by atoms with E-state index in [0.717, 1.165) is 12.1 Å². The molecule has 0 bridgehead atoms. The minimum absolute atomic E-state index is 0.103. The van der Waals surface area contributed by atoms with Crippen molar-refractivity contribution >= 4 is 23.1 Å². The fraction of sp³-hybridized carbons (Fsp3) is 0.375. The number of fused-ring (bicyclic) bond motifs is 1. The van der Waals surface area contributed by atoms with Crippen LogP contribution in [0.2, 0.25) is 0 Å². The highest BCUT2D eigenvalue weighted by Crippen LogP contribution is 2.29. The second-order valence-corrected chi connectivity index (χ2v) is 9.01. The van der Waals surface area contributed by atoms with Crippen LogP contribution in [0.3, 0.4) is 0 Å². The van der Waals surface area contributed by atoms with Gasteiger partial charge in [-0.25, -0.2) is 9.78 Å². The molecule has 1 aromatic carbocycles. The summed E-state index contributed by atoms with van der Waals surface area (Å²) in [6.07, 6.45) is -0.746. The van der Waals surface area contributed by atoms with E-state index in [2.05, 4.69) is 25.4 Å². The van der Waals surface area contributed by atoms with Crippen LogP contribution in [0.15, 0.2) is 41.5 Å². The molecule has 13 heteroatoms. The van der Waals surface area contributed by atoms with E-state index in [1.807, 2.05) is 6.92 Å². The highest BCUT2D eigenvalue weighted by atomic mass is 19.4. The molecule has 0 aliphatic rings. The predicted octanol–water partition coefficient (Wildman–Crippen LogP) is 3.98. The van der Waals surface area contributed by atoms with E-state index >= 15 is 0 Å². The predicted molar refractivity (Wildman–Crippen MR) is 130 cm³/mol. The number of aliphatic carboxylic acids is 1. The van der Waals surface area contributed by atoms with Gasteiger partial charge in [0.15, 0.2) is 11.2 Å². The Labute approximate surface area is 209 Å². The number of nitrogens with zero attached hydrogens (tertiary/aromatic N) is 5. The average molecular weight is 518 g/mol. The summed E-state index contributed by atoms with van der Waals surface area (Å²) in [5.74, 6) is -0.923. The number of benzene rings is 1. The SMILES string of the molecule is CCCn1c(N[C@H](C(=O)O)C(C)C)nc2nc(-c3cnn(Cc4cccc(C(F)(F)F)c4)c3)[nH]c2c1=O. The van der Waals surface area contributed by atoms with Crippen LogP contribution in [0.1, 0.15) is 38.3 Å². The molecule has 0 aliphatic heterocycles. The van der Waals surface area contributed by atoms with Gasteiger partial charge in [0.1, 0.15) is 11.9 Å². The van der Waals surface area contributed by atoms with Gasteiger partial charge in [-0.15, -0.1) is 0 Å². The molecule has 0 amide bonds. The summed E-state index contributed by atoms with van der Waals surface area (Å²) >= 11 is 0. The zero-order valence-electron chi connectivity index (χ0n) is 20.4. The van der Waals surface area contributed by atoms with Gasteiger partial charge in [-0.1, -0.05) is 32.9 Å². The fourth-order valence-corrected chi connectivity index (χ4v) is 3.92. The third kappa shape index (κ3) is 5.49. The molecule has 37 heavy (non-hydrogen) atoms. The molecule has 4 aromatic rings. The molecular formula is C24H26F3N7O3. The molecule has 1 atom stereocenters. The zero-order chi connectivity index (χ0) is 26.9. The largest absolute Gasteiger partial charge is 0.480 e. The van der Waals surface area contributed by atoms with Crippen molar-refractivity contribution in [1.82, 2.24) is 29.3 Å². The van der Waals surface area contributed by atoms with Crippen molar-refractivity contribution in [3.63, 3.8) is 0 Å². The number of aromatic nitrogens is 6. The van der Waals surface area contributed by atoms with E-state index < -0.39 is 29.3 Å². The van der Waals surface area contributed by atoms with Crippen LogP contribution in [0.25, 0.3) is 22.6 Å². The molecule has 3 N–H and O–H groups in total. The summed E-state index contributed by atoms with van der Waals surface area (Å²) < 4.78 is 41.9. The van der Waals surface area contributed by atoms with E-state index in [1.54, 1.807) is 26.1 Å². The Morgan fingerprint density at radius 3 is 2.65 bits per heavy atom. The number of carboxylic acid groups (broad SMARTS) is 1. The number of hydrogen-bond acceptors (Lipinski definition) is 6. The van der Waals surface area contributed by atoms with Crippen molar-refractivity contribution in [2.24, 2.45) is 5.92 Å². The van der Waals surface area contributed by atoms with Crippen LogP contribution >= 0.6 is 0 Å². The Bertz CT molecular complexity index is 1490. The summed E-state index contributed by atoms with van der Waals surface area (Å²) in [7, 11) is 0. The van der Waals surface area contributed by atoms with Gasteiger partial charge < -0.3 is 15.4 Å². The Morgan fingerprint density at radius 2 is 2.00 bits per heavy atom. The highest BCUT2D eigenvalue weighted by molar-refractivity contribution is 5.79. The molecule has 0 unspecified atom stereocenters. The van der Waals surface area contributed by atoms with Gasteiger partial charge in [0, 0.05) is 12.7 Å². The molecule has 0 spiro atoms. The van der Waals surface area contributed by atoms with Gasteiger partial charge in [0.05, 0.1) is 23.9 Å². The monoisotopic (exact) mass is 517 g/mol. The van der Waals surface area contributed by atoms with Crippen LogP contribution in [-0.2, 0) is 24.1 Å². The number of alkyl halides is 3. The van der Waals surface area contributed by atoms with E-state index in [-0.39, 0.29) is 29.6 Å². The van der Waals surface area contributed by atoms with Crippen molar-refractivity contribution in [3.05, 3.63) is 58.1 Å². The molecule has 0 aliphatic carbocycles. The lowest BCUT2D eigenvalue weighted by molar-refractivity contribution is -0.139. The Balaban J connectivity index is 1.67. The molecule has 3 heterocycles. The quantitative estimate of drug-likeness (QED) is 0.306. The zero-order valence-corrected chi connectivity index (χ0v) is 20.4. The number of aromatic amines is 1. The first-order chi connectivity index (χ1) is 17.5. The van der Waals surface area contributed by atoms with E-state index in [4.69, 9.17) is 0 Å². The number of nitrogens with one attached hydrogen (secondary N) is 2. The van der Waals surface area contributed by atoms with Gasteiger partial charge in [0.25, 0.3) is 5.56 Å². The molecule has 3 aromatic heterocycles.